The lowest BCUT2D eigenvalue weighted by molar-refractivity contribution is 0.0458. The van der Waals surface area contributed by atoms with E-state index >= 15 is 0 Å². The van der Waals surface area contributed by atoms with Crippen LogP contribution in [0, 0.1) is 5.92 Å². The number of rotatable bonds is 3. The number of hydrogen-bond donors (Lipinski definition) is 1. The topological polar surface area (TPSA) is 46.6 Å². The first-order chi connectivity index (χ1) is 12.3. The van der Waals surface area contributed by atoms with Crippen molar-refractivity contribution in [3.63, 3.8) is 0 Å². The minimum atomic E-state index is 0.298. The van der Waals surface area contributed by atoms with Gasteiger partial charge in [0.05, 0.1) is 17.6 Å². The Bertz CT molecular complexity index is 767. The SMILES string of the molecule is C[C@@H]1[C@H](Nc2ccc(-c3ccc4c(c3)OCO4)nc2)C2CCN1CC2. The first-order valence-corrected chi connectivity index (χ1v) is 9.14. The average Bonchev–Trinajstić information content (AvgIpc) is 3.13. The van der Waals surface area contributed by atoms with Gasteiger partial charge in [-0.15, -0.1) is 0 Å². The van der Waals surface area contributed by atoms with Gasteiger partial charge in [-0.3, -0.25) is 9.88 Å². The molecule has 2 aromatic rings. The predicted molar refractivity (Wildman–Crippen MR) is 97.0 cm³/mol. The monoisotopic (exact) mass is 337 g/mol. The van der Waals surface area contributed by atoms with E-state index < -0.39 is 0 Å². The van der Waals surface area contributed by atoms with Crippen LogP contribution in [0.2, 0.25) is 0 Å². The van der Waals surface area contributed by atoms with Crippen molar-refractivity contribution in [1.29, 1.82) is 0 Å². The van der Waals surface area contributed by atoms with Crippen molar-refractivity contribution in [2.75, 3.05) is 25.2 Å². The van der Waals surface area contributed by atoms with E-state index in [9.17, 15) is 0 Å². The van der Waals surface area contributed by atoms with Gasteiger partial charge < -0.3 is 14.8 Å². The molecule has 0 aliphatic carbocycles. The van der Waals surface area contributed by atoms with E-state index in [-0.39, 0.29) is 0 Å². The van der Waals surface area contributed by atoms with Crippen LogP contribution >= 0.6 is 0 Å². The van der Waals surface area contributed by atoms with Gasteiger partial charge in [-0.2, -0.15) is 0 Å². The third kappa shape index (κ3) is 2.63. The standard InChI is InChI=1S/C20H23N3O2/c1-13-20(14-6-8-23(13)9-7-14)22-16-3-4-17(21-11-16)15-2-5-18-19(10-15)25-12-24-18/h2-5,10-11,13-14,20,22H,6-9,12H2,1H3/t13-,20+/m1/s1. The molecule has 1 aromatic heterocycles. The number of aromatic nitrogens is 1. The largest absolute Gasteiger partial charge is 0.454 e. The van der Waals surface area contributed by atoms with Gasteiger partial charge in [-0.1, -0.05) is 0 Å². The molecule has 1 N–H and O–H groups in total. The van der Waals surface area contributed by atoms with Gasteiger partial charge in [-0.25, -0.2) is 0 Å². The summed E-state index contributed by atoms with van der Waals surface area (Å²) in [5.41, 5.74) is 3.10. The van der Waals surface area contributed by atoms with Gasteiger partial charge in [0, 0.05) is 17.6 Å². The second kappa shape index (κ2) is 5.92. The number of benzene rings is 1. The molecule has 5 nitrogen and oxygen atoms in total. The van der Waals surface area contributed by atoms with Crippen molar-refractivity contribution in [3.05, 3.63) is 36.5 Å². The van der Waals surface area contributed by atoms with Crippen molar-refractivity contribution >= 4 is 5.69 Å². The van der Waals surface area contributed by atoms with E-state index in [1.165, 1.54) is 25.9 Å². The van der Waals surface area contributed by atoms with Crippen LogP contribution in [0.4, 0.5) is 5.69 Å². The zero-order chi connectivity index (χ0) is 16.8. The highest BCUT2D eigenvalue weighted by Gasteiger charge is 2.39. The molecule has 6 rings (SSSR count). The van der Waals surface area contributed by atoms with E-state index in [2.05, 4.69) is 34.3 Å². The highest BCUT2D eigenvalue weighted by atomic mass is 16.7. The fourth-order valence-electron chi connectivity index (χ4n) is 4.44. The van der Waals surface area contributed by atoms with Crippen LogP contribution < -0.4 is 14.8 Å². The van der Waals surface area contributed by atoms with Crippen LogP contribution in [0.3, 0.4) is 0 Å². The fourth-order valence-corrected chi connectivity index (χ4v) is 4.44. The zero-order valence-electron chi connectivity index (χ0n) is 14.4. The molecule has 4 aliphatic heterocycles. The van der Waals surface area contributed by atoms with E-state index in [1.807, 2.05) is 24.4 Å². The number of fused-ring (bicyclic) bond motifs is 4. The van der Waals surface area contributed by atoms with Gasteiger partial charge in [0.15, 0.2) is 11.5 Å². The van der Waals surface area contributed by atoms with Gasteiger partial charge >= 0.3 is 0 Å². The Labute approximate surface area is 148 Å². The minimum Gasteiger partial charge on any atom is -0.454 e. The molecule has 2 atom stereocenters. The number of hydrogen-bond acceptors (Lipinski definition) is 5. The Kier molecular flexibility index (Phi) is 3.55. The molecule has 3 saturated heterocycles. The van der Waals surface area contributed by atoms with Gasteiger partial charge in [0.1, 0.15) is 0 Å². The molecule has 5 heteroatoms. The van der Waals surface area contributed by atoms with E-state index in [0.29, 0.717) is 18.9 Å². The van der Waals surface area contributed by atoms with Crippen molar-refractivity contribution in [3.8, 4) is 22.8 Å². The predicted octanol–water partition coefficient (Wildman–Crippen LogP) is 3.37. The second-order valence-electron chi connectivity index (χ2n) is 7.28. The lowest BCUT2D eigenvalue weighted by atomic mass is 9.79. The van der Waals surface area contributed by atoms with Crippen molar-refractivity contribution in [1.82, 2.24) is 9.88 Å². The maximum absolute atomic E-state index is 5.46. The summed E-state index contributed by atoms with van der Waals surface area (Å²) in [6, 6.07) is 11.3. The van der Waals surface area contributed by atoms with Crippen LogP contribution in [-0.2, 0) is 0 Å². The van der Waals surface area contributed by atoms with Crippen LogP contribution in [-0.4, -0.2) is 41.9 Å². The zero-order valence-corrected chi connectivity index (χ0v) is 14.4. The fraction of sp³-hybridized carbons (Fsp3) is 0.450. The van der Waals surface area contributed by atoms with Gasteiger partial charge in [0.25, 0.3) is 0 Å². The van der Waals surface area contributed by atoms with Crippen molar-refractivity contribution in [2.45, 2.75) is 31.8 Å². The molecular weight excluding hydrogens is 314 g/mol. The molecule has 130 valence electrons. The number of pyridine rings is 1. The number of anilines is 1. The van der Waals surface area contributed by atoms with Gasteiger partial charge in [-0.05, 0) is 69.1 Å². The van der Waals surface area contributed by atoms with E-state index in [4.69, 9.17) is 9.47 Å². The quantitative estimate of drug-likeness (QED) is 0.930. The summed E-state index contributed by atoms with van der Waals surface area (Å²) in [5, 5.41) is 3.73. The van der Waals surface area contributed by atoms with Crippen LogP contribution in [0.1, 0.15) is 19.8 Å². The van der Waals surface area contributed by atoms with Crippen LogP contribution in [0.15, 0.2) is 36.5 Å². The molecule has 1 aromatic carbocycles. The molecule has 4 aliphatic rings. The molecule has 0 saturated carbocycles. The van der Waals surface area contributed by atoms with Crippen LogP contribution in [0.5, 0.6) is 11.5 Å². The summed E-state index contributed by atoms with van der Waals surface area (Å²) >= 11 is 0. The summed E-state index contributed by atoms with van der Waals surface area (Å²) in [4.78, 5) is 7.26. The Morgan fingerprint density at radius 3 is 2.68 bits per heavy atom. The average molecular weight is 337 g/mol. The third-order valence-electron chi connectivity index (χ3n) is 5.94. The van der Waals surface area contributed by atoms with E-state index in [0.717, 1.165) is 34.4 Å². The summed E-state index contributed by atoms with van der Waals surface area (Å²) in [7, 11) is 0. The Hall–Kier alpha value is -2.27. The maximum Gasteiger partial charge on any atom is 0.231 e. The smallest absolute Gasteiger partial charge is 0.231 e. The molecular formula is C20H23N3O2. The van der Waals surface area contributed by atoms with Crippen molar-refractivity contribution in [2.24, 2.45) is 5.92 Å². The number of piperidine rings is 3. The third-order valence-corrected chi connectivity index (χ3v) is 5.94. The molecule has 25 heavy (non-hydrogen) atoms. The minimum absolute atomic E-state index is 0.298. The highest BCUT2D eigenvalue weighted by Crippen LogP contribution is 2.36. The van der Waals surface area contributed by atoms with Crippen LogP contribution in [0.25, 0.3) is 11.3 Å². The molecule has 0 amide bonds. The summed E-state index contributed by atoms with van der Waals surface area (Å²) in [5.74, 6) is 2.38. The van der Waals surface area contributed by atoms with Gasteiger partial charge in [0.2, 0.25) is 6.79 Å². The summed E-state index contributed by atoms with van der Waals surface area (Å²) in [6.07, 6.45) is 4.57. The summed E-state index contributed by atoms with van der Waals surface area (Å²) in [6.45, 7) is 5.15. The molecule has 0 unspecified atom stereocenters. The molecule has 3 fully saturated rings. The molecule has 2 bridgehead atoms. The van der Waals surface area contributed by atoms with Crippen molar-refractivity contribution < 1.29 is 9.47 Å². The highest BCUT2D eigenvalue weighted by molar-refractivity contribution is 5.65. The normalized spacial score (nSPS) is 29.6. The number of nitrogens with one attached hydrogen (secondary N) is 1. The second-order valence-corrected chi connectivity index (χ2v) is 7.28. The lowest BCUT2D eigenvalue weighted by Gasteiger charge is -2.50. The van der Waals surface area contributed by atoms with E-state index in [1.54, 1.807) is 0 Å². The molecule has 5 heterocycles. The molecule has 0 radical (unpaired) electrons. The Morgan fingerprint density at radius 2 is 1.92 bits per heavy atom. The maximum atomic E-state index is 5.46. The number of ether oxygens (including phenoxy) is 2. The lowest BCUT2D eigenvalue weighted by Crippen LogP contribution is -2.59. The summed E-state index contributed by atoms with van der Waals surface area (Å²) < 4.78 is 10.8. The first kappa shape index (κ1) is 15.0. The Morgan fingerprint density at radius 1 is 1.08 bits per heavy atom. The number of nitrogens with zero attached hydrogens (tertiary/aromatic N) is 2. The molecule has 0 spiro atoms. The first-order valence-electron chi connectivity index (χ1n) is 9.14. The Balaban J connectivity index is 1.33.